The Labute approximate surface area is 119 Å². The van der Waals surface area contributed by atoms with Crippen molar-refractivity contribution in [2.75, 3.05) is 0 Å². The van der Waals surface area contributed by atoms with Gasteiger partial charge in [-0.25, -0.2) is 0 Å². The van der Waals surface area contributed by atoms with Crippen molar-refractivity contribution in [1.82, 2.24) is 20.8 Å². The molecule has 0 fully saturated rings. The number of amides is 2. The SMILES string of the molecule is N=C(NNC(=O)c1ccnc(C(N)=O)c1)c1ccncc1. The van der Waals surface area contributed by atoms with Crippen molar-refractivity contribution in [2.45, 2.75) is 0 Å². The molecule has 2 aromatic rings. The van der Waals surface area contributed by atoms with E-state index in [2.05, 4.69) is 20.8 Å². The van der Waals surface area contributed by atoms with E-state index in [-0.39, 0.29) is 17.1 Å². The lowest BCUT2D eigenvalue weighted by molar-refractivity contribution is 0.0943. The topological polar surface area (TPSA) is 134 Å². The minimum absolute atomic E-state index is 0.00754. The third-order valence-electron chi connectivity index (χ3n) is 2.54. The lowest BCUT2D eigenvalue weighted by Gasteiger charge is -2.09. The zero-order valence-corrected chi connectivity index (χ0v) is 10.8. The summed E-state index contributed by atoms with van der Waals surface area (Å²) < 4.78 is 0. The smallest absolute Gasteiger partial charge is 0.269 e. The maximum Gasteiger partial charge on any atom is 0.269 e. The molecule has 0 spiro atoms. The summed E-state index contributed by atoms with van der Waals surface area (Å²) in [5.74, 6) is -1.23. The number of carbonyl (C=O) groups is 2. The monoisotopic (exact) mass is 284 g/mol. The van der Waals surface area contributed by atoms with Gasteiger partial charge in [-0.3, -0.25) is 35.8 Å². The highest BCUT2D eigenvalue weighted by Crippen LogP contribution is 2.01. The highest BCUT2D eigenvalue weighted by atomic mass is 16.2. The molecule has 0 atom stereocenters. The highest BCUT2D eigenvalue weighted by Gasteiger charge is 2.10. The molecule has 0 aliphatic heterocycles. The predicted octanol–water partition coefficient (Wildman–Crippen LogP) is -0.165. The van der Waals surface area contributed by atoms with E-state index in [0.717, 1.165) is 0 Å². The summed E-state index contributed by atoms with van der Waals surface area (Å²) in [6.07, 6.45) is 4.38. The first-order valence-corrected chi connectivity index (χ1v) is 5.89. The van der Waals surface area contributed by atoms with Crippen molar-refractivity contribution in [3.63, 3.8) is 0 Å². The van der Waals surface area contributed by atoms with Gasteiger partial charge < -0.3 is 5.73 Å². The van der Waals surface area contributed by atoms with E-state index in [1.165, 1.54) is 30.7 Å². The van der Waals surface area contributed by atoms with Gasteiger partial charge in [0.2, 0.25) is 0 Å². The zero-order chi connectivity index (χ0) is 15.2. The van der Waals surface area contributed by atoms with E-state index in [1.807, 2.05) is 0 Å². The summed E-state index contributed by atoms with van der Waals surface area (Å²) in [5, 5.41) is 7.76. The number of amidine groups is 1. The molecule has 2 aromatic heterocycles. The lowest BCUT2D eigenvalue weighted by atomic mass is 10.2. The number of aromatic nitrogens is 2. The largest absolute Gasteiger partial charge is 0.364 e. The molecular formula is C13H12N6O2. The molecule has 8 heteroatoms. The van der Waals surface area contributed by atoms with Gasteiger partial charge in [-0.2, -0.15) is 0 Å². The average molecular weight is 284 g/mol. The van der Waals surface area contributed by atoms with Gasteiger partial charge in [-0.05, 0) is 24.3 Å². The van der Waals surface area contributed by atoms with E-state index in [9.17, 15) is 9.59 Å². The van der Waals surface area contributed by atoms with Crippen LogP contribution in [0, 0.1) is 5.41 Å². The standard InChI is InChI=1S/C13H12N6O2/c14-11(8-1-4-16-5-2-8)18-19-13(21)9-3-6-17-10(7-9)12(15)20/h1-7H,(H2,14,18)(H2,15,20)(H,19,21). The van der Waals surface area contributed by atoms with E-state index in [0.29, 0.717) is 5.56 Å². The van der Waals surface area contributed by atoms with Crippen LogP contribution >= 0.6 is 0 Å². The Morgan fingerprint density at radius 1 is 1.05 bits per heavy atom. The summed E-state index contributed by atoms with van der Waals surface area (Å²) in [5.41, 5.74) is 10.7. The van der Waals surface area contributed by atoms with E-state index in [1.54, 1.807) is 12.1 Å². The third kappa shape index (κ3) is 3.60. The number of hydrogen-bond acceptors (Lipinski definition) is 5. The van der Waals surface area contributed by atoms with Gasteiger partial charge in [0.25, 0.3) is 11.8 Å². The summed E-state index contributed by atoms with van der Waals surface area (Å²) in [4.78, 5) is 30.5. The fourth-order valence-corrected chi connectivity index (χ4v) is 1.49. The molecule has 0 aliphatic carbocycles. The van der Waals surface area contributed by atoms with Crippen LogP contribution in [0.25, 0.3) is 0 Å². The van der Waals surface area contributed by atoms with Crippen molar-refractivity contribution < 1.29 is 9.59 Å². The number of primary amides is 1. The number of hydrogen-bond donors (Lipinski definition) is 4. The van der Waals surface area contributed by atoms with Crippen LogP contribution in [-0.4, -0.2) is 27.6 Å². The minimum Gasteiger partial charge on any atom is -0.364 e. The molecule has 0 saturated carbocycles. The van der Waals surface area contributed by atoms with Crippen molar-refractivity contribution in [3.8, 4) is 0 Å². The van der Waals surface area contributed by atoms with Crippen LogP contribution in [0.15, 0.2) is 42.9 Å². The van der Waals surface area contributed by atoms with Crippen LogP contribution < -0.4 is 16.6 Å². The third-order valence-corrected chi connectivity index (χ3v) is 2.54. The van der Waals surface area contributed by atoms with Gasteiger partial charge >= 0.3 is 0 Å². The Kier molecular flexibility index (Phi) is 4.20. The molecule has 0 aliphatic rings. The first-order valence-electron chi connectivity index (χ1n) is 5.89. The Morgan fingerprint density at radius 3 is 2.38 bits per heavy atom. The molecular weight excluding hydrogens is 272 g/mol. The van der Waals surface area contributed by atoms with Gasteiger partial charge in [0.05, 0.1) is 0 Å². The second-order valence-corrected chi connectivity index (χ2v) is 3.98. The Balaban J connectivity index is 2.01. The fraction of sp³-hybridized carbons (Fsp3) is 0. The average Bonchev–Trinajstić information content (AvgIpc) is 2.53. The quantitative estimate of drug-likeness (QED) is 0.353. The van der Waals surface area contributed by atoms with Crippen LogP contribution in [0.3, 0.4) is 0 Å². The molecule has 106 valence electrons. The van der Waals surface area contributed by atoms with Gasteiger partial charge in [-0.1, -0.05) is 0 Å². The number of carbonyl (C=O) groups excluding carboxylic acids is 2. The summed E-state index contributed by atoms with van der Waals surface area (Å²) in [6.45, 7) is 0. The van der Waals surface area contributed by atoms with Crippen LogP contribution in [0.2, 0.25) is 0 Å². The second kappa shape index (κ2) is 6.24. The molecule has 0 bridgehead atoms. The lowest BCUT2D eigenvalue weighted by Crippen LogP contribution is -2.41. The molecule has 0 radical (unpaired) electrons. The van der Waals surface area contributed by atoms with Crippen LogP contribution in [-0.2, 0) is 0 Å². The van der Waals surface area contributed by atoms with Crippen LogP contribution in [0.1, 0.15) is 26.4 Å². The first-order chi connectivity index (χ1) is 10.1. The maximum absolute atomic E-state index is 11.9. The summed E-state index contributed by atoms with van der Waals surface area (Å²) in [7, 11) is 0. The van der Waals surface area contributed by atoms with E-state index < -0.39 is 11.8 Å². The van der Waals surface area contributed by atoms with Crippen LogP contribution in [0.4, 0.5) is 0 Å². The molecule has 21 heavy (non-hydrogen) atoms. The predicted molar refractivity (Wildman–Crippen MR) is 74.4 cm³/mol. The molecule has 0 unspecified atom stereocenters. The van der Waals surface area contributed by atoms with Gasteiger partial charge in [0, 0.05) is 29.7 Å². The van der Waals surface area contributed by atoms with Gasteiger partial charge in [0.15, 0.2) is 0 Å². The van der Waals surface area contributed by atoms with Crippen molar-refractivity contribution >= 4 is 17.6 Å². The number of rotatable bonds is 3. The number of nitrogens with two attached hydrogens (primary N) is 1. The van der Waals surface area contributed by atoms with Crippen molar-refractivity contribution in [3.05, 3.63) is 59.7 Å². The number of nitrogens with one attached hydrogen (secondary N) is 3. The molecule has 0 saturated heterocycles. The van der Waals surface area contributed by atoms with E-state index in [4.69, 9.17) is 11.1 Å². The van der Waals surface area contributed by atoms with E-state index >= 15 is 0 Å². The van der Waals surface area contributed by atoms with Gasteiger partial charge in [0.1, 0.15) is 11.5 Å². The second-order valence-electron chi connectivity index (χ2n) is 3.98. The molecule has 5 N–H and O–H groups in total. The fourth-order valence-electron chi connectivity index (χ4n) is 1.49. The molecule has 8 nitrogen and oxygen atoms in total. The van der Waals surface area contributed by atoms with Crippen molar-refractivity contribution in [1.29, 1.82) is 5.41 Å². The number of nitrogens with zero attached hydrogens (tertiary/aromatic N) is 2. The number of pyridine rings is 2. The van der Waals surface area contributed by atoms with Gasteiger partial charge in [-0.15, -0.1) is 0 Å². The summed E-state index contributed by atoms with van der Waals surface area (Å²) in [6, 6.07) is 5.95. The maximum atomic E-state index is 11.9. The highest BCUT2D eigenvalue weighted by molar-refractivity contribution is 6.01. The number of hydrazine groups is 1. The van der Waals surface area contributed by atoms with Crippen molar-refractivity contribution in [2.24, 2.45) is 5.73 Å². The molecule has 2 rings (SSSR count). The summed E-state index contributed by atoms with van der Waals surface area (Å²) >= 11 is 0. The molecule has 2 amide bonds. The first kappa shape index (κ1) is 14.1. The molecule has 0 aromatic carbocycles. The zero-order valence-electron chi connectivity index (χ0n) is 10.8. The minimum atomic E-state index is -0.720. The Bertz CT molecular complexity index is 686. The molecule has 2 heterocycles. The van der Waals surface area contributed by atoms with Crippen LogP contribution in [0.5, 0.6) is 0 Å². The Morgan fingerprint density at radius 2 is 1.71 bits per heavy atom. The normalized spacial score (nSPS) is 9.71. The Hall–Kier alpha value is -3.29.